The number of carbonyl (C=O) groups excluding carboxylic acids is 1. The van der Waals surface area contributed by atoms with E-state index < -0.39 is 0 Å². The van der Waals surface area contributed by atoms with Crippen molar-refractivity contribution >= 4 is 29.0 Å². The van der Waals surface area contributed by atoms with E-state index in [1.54, 1.807) is 30.3 Å². The molecule has 0 atom stereocenters. The minimum atomic E-state index is -0.254. The number of amides is 1. The van der Waals surface area contributed by atoms with E-state index in [1.807, 2.05) is 36.4 Å². The van der Waals surface area contributed by atoms with E-state index in [2.05, 4.69) is 10.6 Å². The lowest BCUT2D eigenvalue weighted by Gasteiger charge is -2.07. The molecule has 5 heteroatoms. The molecule has 1 amide bonds. The van der Waals surface area contributed by atoms with Crippen LogP contribution < -0.4 is 16.4 Å². The fourth-order valence-corrected chi connectivity index (χ4v) is 2.48. The van der Waals surface area contributed by atoms with E-state index in [1.165, 1.54) is 18.2 Å². The van der Waals surface area contributed by atoms with E-state index in [0.717, 1.165) is 16.8 Å². The molecule has 3 rings (SSSR count). The predicted molar refractivity (Wildman–Crippen MR) is 109 cm³/mol. The first-order valence-electron chi connectivity index (χ1n) is 8.52. The summed E-state index contributed by atoms with van der Waals surface area (Å²) in [5.74, 6) is -0.495. The van der Waals surface area contributed by atoms with Crippen LogP contribution in [0.5, 0.6) is 0 Å². The quantitative estimate of drug-likeness (QED) is 0.441. The Hall–Kier alpha value is -3.60. The Morgan fingerprint density at radius 1 is 0.963 bits per heavy atom. The van der Waals surface area contributed by atoms with Gasteiger partial charge in [-0.3, -0.25) is 4.79 Å². The first-order valence-corrected chi connectivity index (χ1v) is 8.52. The molecule has 0 heterocycles. The molecule has 0 bridgehead atoms. The summed E-state index contributed by atoms with van der Waals surface area (Å²) in [5, 5.41) is 5.98. The Morgan fingerprint density at radius 2 is 1.67 bits per heavy atom. The molecule has 3 aromatic carbocycles. The van der Waals surface area contributed by atoms with Crippen molar-refractivity contribution in [2.45, 2.75) is 6.54 Å². The van der Waals surface area contributed by atoms with Crippen molar-refractivity contribution in [1.29, 1.82) is 0 Å². The predicted octanol–water partition coefficient (Wildman–Crippen LogP) is 4.67. The molecule has 4 nitrogen and oxygen atoms in total. The van der Waals surface area contributed by atoms with Crippen LogP contribution in [0.25, 0.3) is 6.08 Å². The van der Waals surface area contributed by atoms with E-state index in [9.17, 15) is 9.18 Å². The van der Waals surface area contributed by atoms with Crippen molar-refractivity contribution in [1.82, 2.24) is 0 Å². The van der Waals surface area contributed by atoms with Crippen LogP contribution in [0, 0.1) is 5.82 Å². The maximum atomic E-state index is 12.9. The largest absolute Gasteiger partial charge is 0.397 e. The van der Waals surface area contributed by atoms with Crippen molar-refractivity contribution in [3.8, 4) is 0 Å². The summed E-state index contributed by atoms with van der Waals surface area (Å²) in [4.78, 5) is 12.0. The lowest BCUT2D eigenvalue weighted by molar-refractivity contribution is -0.111. The lowest BCUT2D eigenvalue weighted by atomic mass is 10.1. The molecule has 0 aliphatic rings. The normalized spacial score (nSPS) is 10.7. The minimum Gasteiger partial charge on any atom is -0.397 e. The number of carbonyl (C=O) groups is 1. The molecule has 0 aliphatic heterocycles. The van der Waals surface area contributed by atoms with Crippen LogP contribution >= 0.6 is 0 Å². The molecule has 0 spiro atoms. The van der Waals surface area contributed by atoms with Gasteiger partial charge < -0.3 is 16.4 Å². The van der Waals surface area contributed by atoms with Crippen molar-refractivity contribution in [2.24, 2.45) is 0 Å². The Balaban J connectivity index is 1.53. The van der Waals surface area contributed by atoms with Crippen molar-refractivity contribution in [2.75, 3.05) is 16.4 Å². The van der Waals surface area contributed by atoms with E-state index in [4.69, 9.17) is 5.73 Å². The van der Waals surface area contributed by atoms with Crippen LogP contribution in [-0.2, 0) is 11.3 Å². The number of nitrogens with two attached hydrogens (primary N) is 1. The molecule has 27 heavy (non-hydrogen) atoms. The average Bonchev–Trinajstić information content (AvgIpc) is 2.68. The molecule has 136 valence electrons. The molecule has 0 radical (unpaired) electrons. The number of hydrogen-bond donors (Lipinski definition) is 3. The summed E-state index contributed by atoms with van der Waals surface area (Å²) in [5.41, 5.74) is 9.78. The maximum Gasteiger partial charge on any atom is 0.248 e. The van der Waals surface area contributed by atoms with Gasteiger partial charge in [-0.1, -0.05) is 36.4 Å². The average molecular weight is 361 g/mol. The number of nitrogen functional groups attached to an aromatic ring is 1. The molecule has 0 saturated heterocycles. The minimum absolute atomic E-state index is 0.241. The smallest absolute Gasteiger partial charge is 0.248 e. The monoisotopic (exact) mass is 361 g/mol. The van der Waals surface area contributed by atoms with Gasteiger partial charge in [0.05, 0.1) is 11.4 Å². The van der Waals surface area contributed by atoms with Crippen LogP contribution in [0.3, 0.4) is 0 Å². The third kappa shape index (κ3) is 5.44. The molecule has 0 aromatic heterocycles. The van der Waals surface area contributed by atoms with Crippen LogP contribution in [0.15, 0.2) is 78.9 Å². The lowest BCUT2D eigenvalue weighted by Crippen LogP contribution is -2.09. The zero-order valence-electron chi connectivity index (χ0n) is 14.7. The highest BCUT2D eigenvalue weighted by Crippen LogP contribution is 2.17. The number of anilines is 3. The first-order chi connectivity index (χ1) is 13.1. The van der Waals surface area contributed by atoms with Crippen LogP contribution in [0.2, 0.25) is 0 Å². The van der Waals surface area contributed by atoms with Gasteiger partial charge in [-0.15, -0.1) is 0 Å². The molecule has 3 aromatic rings. The Kier molecular flexibility index (Phi) is 5.84. The maximum absolute atomic E-state index is 12.9. The van der Waals surface area contributed by atoms with Crippen LogP contribution in [-0.4, -0.2) is 5.91 Å². The number of benzene rings is 3. The highest BCUT2D eigenvalue weighted by molar-refractivity contribution is 6.03. The van der Waals surface area contributed by atoms with E-state index in [0.29, 0.717) is 17.9 Å². The Labute approximate surface area is 157 Å². The van der Waals surface area contributed by atoms with Gasteiger partial charge in [0.15, 0.2) is 0 Å². The molecule has 0 saturated carbocycles. The van der Waals surface area contributed by atoms with Crippen LogP contribution in [0.1, 0.15) is 11.1 Å². The second kappa shape index (κ2) is 8.67. The summed E-state index contributed by atoms with van der Waals surface area (Å²) >= 11 is 0. The summed E-state index contributed by atoms with van der Waals surface area (Å²) in [6.07, 6.45) is 3.21. The van der Waals surface area contributed by atoms with Crippen molar-refractivity contribution < 1.29 is 9.18 Å². The second-order valence-electron chi connectivity index (χ2n) is 6.01. The van der Waals surface area contributed by atoms with E-state index >= 15 is 0 Å². The molecule has 0 fully saturated rings. The summed E-state index contributed by atoms with van der Waals surface area (Å²) in [6, 6.07) is 21.2. The second-order valence-corrected chi connectivity index (χ2v) is 6.01. The molecule has 4 N–H and O–H groups in total. The van der Waals surface area contributed by atoms with Gasteiger partial charge >= 0.3 is 0 Å². The highest BCUT2D eigenvalue weighted by atomic mass is 19.1. The van der Waals surface area contributed by atoms with Crippen LogP contribution in [0.4, 0.5) is 21.5 Å². The fourth-order valence-electron chi connectivity index (χ4n) is 2.48. The number of halogens is 1. The highest BCUT2D eigenvalue weighted by Gasteiger charge is 2.01. The third-order valence-corrected chi connectivity index (χ3v) is 3.97. The van der Waals surface area contributed by atoms with Gasteiger partial charge in [-0.05, 0) is 53.6 Å². The van der Waals surface area contributed by atoms with Gasteiger partial charge in [-0.25, -0.2) is 4.39 Å². The summed E-state index contributed by atoms with van der Waals surface area (Å²) < 4.78 is 12.9. The number of nitrogens with one attached hydrogen (secondary N) is 2. The number of hydrogen-bond acceptors (Lipinski definition) is 3. The first kappa shape index (κ1) is 18.2. The summed E-state index contributed by atoms with van der Waals surface area (Å²) in [6.45, 7) is 0.628. The molecular weight excluding hydrogens is 341 g/mol. The molecular formula is C22H20FN3O. The van der Waals surface area contributed by atoms with Gasteiger partial charge in [0.1, 0.15) is 5.82 Å². The zero-order chi connectivity index (χ0) is 19.1. The number of para-hydroxylation sites is 2. The summed E-state index contributed by atoms with van der Waals surface area (Å²) in [7, 11) is 0. The Bertz CT molecular complexity index is 935. The van der Waals surface area contributed by atoms with Gasteiger partial charge in [-0.2, -0.15) is 0 Å². The third-order valence-electron chi connectivity index (χ3n) is 3.97. The fraction of sp³-hybridized carbons (Fsp3) is 0.0455. The topological polar surface area (TPSA) is 67.1 Å². The number of rotatable bonds is 6. The SMILES string of the molecule is Nc1ccccc1NC(=O)/C=C\c1ccc(CNc2ccc(F)cc2)cc1. The molecule has 0 unspecified atom stereocenters. The van der Waals surface area contributed by atoms with E-state index in [-0.39, 0.29) is 11.7 Å². The standard InChI is InChI=1S/C22H20FN3O/c23-18-10-12-19(13-11-18)25-15-17-7-5-16(6-8-17)9-14-22(27)26-21-4-2-1-3-20(21)24/h1-14,25H,15,24H2,(H,26,27)/b14-9-. The van der Waals surface area contributed by atoms with Gasteiger partial charge in [0, 0.05) is 18.3 Å². The van der Waals surface area contributed by atoms with Crippen molar-refractivity contribution in [3.63, 3.8) is 0 Å². The van der Waals surface area contributed by atoms with Gasteiger partial charge in [0.25, 0.3) is 0 Å². The zero-order valence-corrected chi connectivity index (χ0v) is 14.7. The molecule has 0 aliphatic carbocycles. The van der Waals surface area contributed by atoms with Crippen molar-refractivity contribution in [3.05, 3.63) is 95.8 Å². The Morgan fingerprint density at radius 3 is 2.37 bits per heavy atom. The van der Waals surface area contributed by atoms with Gasteiger partial charge in [0.2, 0.25) is 5.91 Å².